The number of aromatic amines is 1. The molecule has 8 heteroatoms. The Morgan fingerprint density at radius 1 is 0.962 bits per heavy atom. The Kier molecular flexibility index (Phi) is 3.31. The normalized spacial score (nSPS) is 11.2. The van der Waals surface area contributed by atoms with Gasteiger partial charge in [-0.25, -0.2) is 9.97 Å². The molecule has 4 heterocycles. The average Bonchev–Trinajstić information content (AvgIpc) is 3.33. The van der Waals surface area contributed by atoms with E-state index in [2.05, 4.69) is 35.6 Å². The van der Waals surface area contributed by atoms with Crippen LogP contribution in [0.4, 0.5) is 5.69 Å². The first kappa shape index (κ1) is 14.5. The van der Waals surface area contributed by atoms with Crippen LogP contribution in [-0.2, 0) is 6.54 Å². The van der Waals surface area contributed by atoms with Gasteiger partial charge in [-0.15, -0.1) is 10.2 Å². The van der Waals surface area contributed by atoms with Gasteiger partial charge in [-0.1, -0.05) is 30.3 Å². The molecule has 1 aromatic carbocycles. The SMILES string of the molecule is c1ccc(-c2ccc3nnc(CNc4ccnc5nc[nH]c45)n3n2)cc1. The summed E-state index contributed by atoms with van der Waals surface area (Å²) in [6.07, 6.45) is 3.35. The molecule has 0 fully saturated rings. The van der Waals surface area contributed by atoms with Crippen molar-refractivity contribution >= 4 is 22.5 Å². The number of anilines is 1. The average molecular weight is 342 g/mol. The lowest BCUT2D eigenvalue weighted by Crippen LogP contribution is -2.07. The maximum atomic E-state index is 4.69. The number of hydrogen-bond acceptors (Lipinski definition) is 6. The zero-order chi connectivity index (χ0) is 17.3. The summed E-state index contributed by atoms with van der Waals surface area (Å²) in [5.41, 5.74) is 5.07. The first-order valence-electron chi connectivity index (χ1n) is 8.17. The maximum absolute atomic E-state index is 4.69. The molecule has 4 aromatic heterocycles. The molecule has 2 N–H and O–H groups in total. The lowest BCUT2D eigenvalue weighted by atomic mass is 10.1. The number of aromatic nitrogens is 7. The van der Waals surface area contributed by atoms with Crippen LogP contribution in [0.1, 0.15) is 5.82 Å². The molecule has 0 aliphatic rings. The van der Waals surface area contributed by atoms with Gasteiger partial charge in [0.25, 0.3) is 0 Å². The molecular formula is C18H14N8. The van der Waals surface area contributed by atoms with Crippen molar-refractivity contribution in [3.05, 3.63) is 66.9 Å². The molecule has 0 unspecified atom stereocenters. The Morgan fingerprint density at radius 3 is 2.81 bits per heavy atom. The molecule has 0 aliphatic heterocycles. The van der Waals surface area contributed by atoms with Gasteiger partial charge in [0.2, 0.25) is 0 Å². The number of benzene rings is 1. The highest BCUT2D eigenvalue weighted by atomic mass is 15.4. The van der Waals surface area contributed by atoms with Crippen molar-refractivity contribution in [1.29, 1.82) is 0 Å². The Morgan fingerprint density at radius 2 is 1.88 bits per heavy atom. The van der Waals surface area contributed by atoms with Gasteiger partial charge in [0.05, 0.1) is 24.3 Å². The lowest BCUT2D eigenvalue weighted by molar-refractivity contribution is 0.832. The van der Waals surface area contributed by atoms with Crippen LogP contribution in [0.15, 0.2) is 61.1 Å². The van der Waals surface area contributed by atoms with Crippen LogP contribution in [0.25, 0.3) is 28.1 Å². The van der Waals surface area contributed by atoms with Gasteiger partial charge in [0.15, 0.2) is 17.1 Å². The number of imidazole rings is 1. The van der Waals surface area contributed by atoms with Gasteiger partial charge in [-0.2, -0.15) is 9.61 Å². The van der Waals surface area contributed by atoms with Crippen LogP contribution < -0.4 is 5.32 Å². The number of hydrogen-bond donors (Lipinski definition) is 2. The quantitative estimate of drug-likeness (QED) is 0.521. The Bertz CT molecular complexity index is 1190. The van der Waals surface area contributed by atoms with Crippen LogP contribution in [0.5, 0.6) is 0 Å². The first-order valence-corrected chi connectivity index (χ1v) is 8.17. The highest BCUT2D eigenvalue weighted by molar-refractivity contribution is 5.84. The van der Waals surface area contributed by atoms with E-state index in [9.17, 15) is 0 Å². The van der Waals surface area contributed by atoms with E-state index in [1.807, 2.05) is 48.5 Å². The minimum Gasteiger partial charge on any atom is -0.376 e. The molecule has 0 saturated carbocycles. The van der Waals surface area contributed by atoms with Gasteiger partial charge in [0, 0.05) is 11.8 Å². The minimum atomic E-state index is 0.477. The van der Waals surface area contributed by atoms with E-state index >= 15 is 0 Å². The number of fused-ring (bicyclic) bond motifs is 2. The van der Waals surface area contributed by atoms with Crippen LogP contribution >= 0.6 is 0 Å². The lowest BCUT2D eigenvalue weighted by Gasteiger charge is -2.06. The molecule has 0 amide bonds. The number of nitrogens with zero attached hydrogens (tertiary/aromatic N) is 6. The van der Waals surface area contributed by atoms with E-state index < -0.39 is 0 Å². The van der Waals surface area contributed by atoms with Crippen LogP contribution in [-0.4, -0.2) is 34.8 Å². The Balaban J connectivity index is 1.48. The van der Waals surface area contributed by atoms with Crippen molar-refractivity contribution in [3.8, 4) is 11.3 Å². The molecule has 0 atom stereocenters. The maximum Gasteiger partial charge on any atom is 0.179 e. The van der Waals surface area contributed by atoms with Crippen LogP contribution in [0.3, 0.4) is 0 Å². The summed E-state index contributed by atoms with van der Waals surface area (Å²) in [6.45, 7) is 0.477. The summed E-state index contributed by atoms with van der Waals surface area (Å²) < 4.78 is 1.76. The van der Waals surface area contributed by atoms with Crippen molar-refractivity contribution in [2.24, 2.45) is 0 Å². The largest absolute Gasteiger partial charge is 0.376 e. The third-order valence-corrected chi connectivity index (χ3v) is 4.16. The van der Waals surface area contributed by atoms with E-state index in [1.165, 1.54) is 0 Å². The molecule has 0 saturated heterocycles. The predicted octanol–water partition coefficient (Wildman–Crippen LogP) is 2.67. The summed E-state index contributed by atoms with van der Waals surface area (Å²) in [5.74, 6) is 0.724. The van der Waals surface area contributed by atoms with E-state index in [1.54, 1.807) is 17.0 Å². The first-order chi connectivity index (χ1) is 12.9. The van der Waals surface area contributed by atoms with Gasteiger partial charge < -0.3 is 10.3 Å². The summed E-state index contributed by atoms with van der Waals surface area (Å²) in [4.78, 5) is 11.5. The topological polar surface area (TPSA) is 96.7 Å². The van der Waals surface area contributed by atoms with E-state index in [0.29, 0.717) is 17.8 Å². The predicted molar refractivity (Wildman–Crippen MR) is 97.4 cm³/mol. The van der Waals surface area contributed by atoms with Crippen LogP contribution in [0.2, 0.25) is 0 Å². The fourth-order valence-electron chi connectivity index (χ4n) is 2.88. The van der Waals surface area contributed by atoms with Crippen LogP contribution in [0, 0.1) is 0 Å². The van der Waals surface area contributed by atoms with Gasteiger partial charge in [-0.05, 0) is 18.2 Å². The van der Waals surface area contributed by atoms with E-state index in [0.717, 1.165) is 28.3 Å². The fraction of sp³-hybridized carbons (Fsp3) is 0.0556. The zero-order valence-corrected chi connectivity index (χ0v) is 13.7. The second kappa shape index (κ2) is 5.92. The van der Waals surface area contributed by atoms with Gasteiger partial charge in [0.1, 0.15) is 5.52 Å². The smallest absolute Gasteiger partial charge is 0.179 e. The van der Waals surface area contributed by atoms with Crippen molar-refractivity contribution in [3.63, 3.8) is 0 Å². The summed E-state index contributed by atoms with van der Waals surface area (Å²) in [7, 11) is 0. The monoisotopic (exact) mass is 342 g/mol. The van der Waals surface area contributed by atoms with Gasteiger partial charge in [-0.3, -0.25) is 0 Å². The van der Waals surface area contributed by atoms with E-state index in [-0.39, 0.29) is 0 Å². The van der Waals surface area contributed by atoms with Crippen molar-refractivity contribution < 1.29 is 0 Å². The third kappa shape index (κ3) is 2.44. The zero-order valence-electron chi connectivity index (χ0n) is 13.7. The molecular weight excluding hydrogens is 328 g/mol. The molecule has 0 aliphatic carbocycles. The molecule has 0 radical (unpaired) electrons. The molecule has 0 spiro atoms. The number of pyridine rings is 1. The molecule has 8 nitrogen and oxygen atoms in total. The summed E-state index contributed by atoms with van der Waals surface area (Å²) in [6, 6.07) is 15.8. The molecule has 5 aromatic rings. The van der Waals surface area contributed by atoms with Crippen molar-refractivity contribution in [1.82, 2.24) is 34.8 Å². The minimum absolute atomic E-state index is 0.477. The number of rotatable bonds is 4. The second-order valence-corrected chi connectivity index (χ2v) is 5.78. The fourth-order valence-corrected chi connectivity index (χ4v) is 2.88. The van der Waals surface area contributed by atoms with E-state index in [4.69, 9.17) is 0 Å². The highest BCUT2D eigenvalue weighted by Gasteiger charge is 2.10. The molecule has 0 bridgehead atoms. The molecule has 126 valence electrons. The standard InChI is InChI=1S/C18H14N8/c1-2-4-12(5-3-1)13-6-7-15-23-24-16(26(15)25-13)10-20-14-8-9-19-18-17(14)21-11-22-18/h1-9,11H,10H2,(H2,19,20,21,22). The number of H-pyrrole nitrogens is 1. The third-order valence-electron chi connectivity index (χ3n) is 4.16. The Labute approximate surface area is 148 Å². The second-order valence-electron chi connectivity index (χ2n) is 5.78. The van der Waals surface area contributed by atoms with Crippen molar-refractivity contribution in [2.45, 2.75) is 6.54 Å². The number of nitrogens with one attached hydrogen (secondary N) is 2. The Hall–Kier alpha value is -3.81. The van der Waals surface area contributed by atoms with Crippen molar-refractivity contribution in [2.75, 3.05) is 5.32 Å². The summed E-state index contributed by atoms with van der Waals surface area (Å²) >= 11 is 0. The highest BCUT2D eigenvalue weighted by Crippen LogP contribution is 2.19. The molecule has 5 rings (SSSR count). The molecule has 26 heavy (non-hydrogen) atoms. The van der Waals surface area contributed by atoms with Gasteiger partial charge >= 0.3 is 0 Å². The summed E-state index contributed by atoms with van der Waals surface area (Å²) in [5, 5.41) is 16.5.